The molecule has 3 rings (SSSR count). The topological polar surface area (TPSA) is 67.1 Å². The molecule has 1 fully saturated rings. The normalized spacial score (nSPS) is 15.7. The van der Waals surface area contributed by atoms with Crippen molar-refractivity contribution in [2.75, 3.05) is 29.0 Å². The lowest BCUT2D eigenvalue weighted by atomic mass is 9.99. The highest BCUT2D eigenvalue weighted by atomic mass is 15.2. The molecule has 0 spiro atoms. The van der Waals surface area contributed by atoms with Crippen molar-refractivity contribution in [1.82, 2.24) is 9.97 Å². The molecule has 0 bridgehead atoms. The van der Waals surface area contributed by atoms with Crippen LogP contribution in [-0.4, -0.2) is 23.1 Å². The predicted molar refractivity (Wildman–Crippen MR) is 95.6 cm³/mol. The molecule has 0 aliphatic carbocycles. The third-order valence-corrected chi connectivity index (χ3v) is 4.53. The zero-order chi connectivity index (χ0) is 16.2. The molecule has 23 heavy (non-hydrogen) atoms. The Bertz CT molecular complexity index is 645. The largest absolute Gasteiger partial charge is 0.393 e. The van der Waals surface area contributed by atoms with Crippen LogP contribution in [0.15, 0.2) is 30.6 Å². The van der Waals surface area contributed by atoms with Gasteiger partial charge >= 0.3 is 0 Å². The molecular formula is C18H25N5. The number of aryl methyl sites for hydroxylation is 1. The first-order valence-electron chi connectivity index (χ1n) is 8.28. The number of nitrogens with two attached hydrogens (primary N) is 1. The first-order chi connectivity index (χ1) is 11.1. The van der Waals surface area contributed by atoms with Crippen LogP contribution in [0.5, 0.6) is 0 Å². The second-order valence-corrected chi connectivity index (χ2v) is 6.47. The molecule has 3 N–H and O–H groups in total. The number of anilines is 3. The molecule has 5 heteroatoms. The number of hydrogen-bond donors (Lipinski definition) is 2. The van der Waals surface area contributed by atoms with Gasteiger partial charge in [-0.25, -0.2) is 9.97 Å². The van der Waals surface area contributed by atoms with Gasteiger partial charge in [0.15, 0.2) is 11.6 Å². The number of aromatic nitrogens is 2. The third-order valence-electron chi connectivity index (χ3n) is 4.53. The van der Waals surface area contributed by atoms with Crippen LogP contribution >= 0.6 is 0 Å². The Morgan fingerprint density at radius 1 is 1.17 bits per heavy atom. The van der Waals surface area contributed by atoms with Gasteiger partial charge in [-0.1, -0.05) is 36.8 Å². The van der Waals surface area contributed by atoms with E-state index < -0.39 is 0 Å². The zero-order valence-electron chi connectivity index (χ0n) is 13.9. The van der Waals surface area contributed by atoms with Crippen LogP contribution < -0.4 is 16.0 Å². The fraction of sp³-hybridized carbons (Fsp3) is 0.444. The van der Waals surface area contributed by atoms with E-state index in [1.54, 1.807) is 6.33 Å². The van der Waals surface area contributed by atoms with E-state index in [2.05, 4.69) is 58.3 Å². The molecule has 1 aliphatic heterocycles. The Hall–Kier alpha value is -2.30. The van der Waals surface area contributed by atoms with Crippen LogP contribution in [0.3, 0.4) is 0 Å². The minimum absolute atomic E-state index is 0.647. The summed E-state index contributed by atoms with van der Waals surface area (Å²) in [6, 6.07) is 8.46. The summed E-state index contributed by atoms with van der Waals surface area (Å²) in [7, 11) is 0. The lowest BCUT2D eigenvalue weighted by molar-refractivity contribution is 0.437. The lowest BCUT2D eigenvalue weighted by Crippen LogP contribution is -2.34. The highest BCUT2D eigenvalue weighted by Crippen LogP contribution is 2.29. The monoisotopic (exact) mass is 311 g/mol. The summed E-state index contributed by atoms with van der Waals surface area (Å²) in [6.45, 7) is 7.12. The van der Waals surface area contributed by atoms with Crippen molar-refractivity contribution in [3.8, 4) is 0 Å². The van der Waals surface area contributed by atoms with Crippen LogP contribution in [0.4, 0.5) is 17.3 Å². The summed E-state index contributed by atoms with van der Waals surface area (Å²) in [5.74, 6) is 2.36. The van der Waals surface area contributed by atoms with E-state index in [9.17, 15) is 0 Å². The number of nitrogens with zero attached hydrogens (tertiary/aromatic N) is 3. The van der Waals surface area contributed by atoms with Crippen molar-refractivity contribution in [3.63, 3.8) is 0 Å². The number of hydrogen-bond acceptors (Lipinski definition) is 5. The van der Waals surface area contributed by atoms with Gasteiger partial charge in [-0.05, 0) is 31.2 Å². The van der Waals surface area contributed by atoms with Gasteiger partial charge in [0.2, 0.25) is 0 Å². The quantitative estimate of drug-likeness (QED) is 0.907. The summed E-state index contributed by atoms with van der Waals surface area (Å²) in [4.78, 5) is 11.0. The van der Waals surface area contributed by atoms with Gasteiger partial charge in [-0.3, -0.25) is 0 Å². The minimum Gasteiger partial charge on any atom is -0.393 e. The van der Waals surface area contributed by atoms with E-state index >= 15 is 0 Å². The molecule has 2 heterocycles. The average Bonchev–Trinajstić information content (AvgIpc) is 2.56. The molecule has 0 unspecified atom stereocenters. The molecule has 1 aromatic heterocycles. The third kappa shape index (κ3) is 3.73. The fourth-order valence-corrected chi connectivity index (χ4v) is 2.89. The van der Waals surface area contributed by atoms with Gasteiger partial charge in [0.1, 0.15) is 12.0 Å². The van der Waals surface area contributed by atoms with Crippen molar-refractivity contribution in [1.29, 1.82) is 0 Å². The number of nitrogen functional groups attached to an aromatic ring is 1. The molecule has 0 saturated carbocycles. The van der Waals surface area contributed by atoms with Crippen LogP contribution in [0.1, 0.15) is 30.9 Å². The van der Waals surface area contributed by atoms with Crippen LogP contribution in [0.25, 0.3) is 0 Å². The lowest BCUT2D eigenvalue weighted by Gasteiger charge is -2.32. The van der Waals surface area contributed by atoms with Gasteiger partial charge in [0.25, 0.3) is 0 Å². The molecule has 5 nitrogen and oxygen atoms in total. The average molecular weight is 311 g/mol. The molecule has 1 aromatic carbocycles. The molecule has 0 amide bonds. The predicted octanol–water partition coefficient (Wildman–Crippen LogP) is 3.22. The van der Waals surface area contributed by atoms with Crippen molar-refractivity contribution in [3.05, 3.63) is 41.7 Å². The number of benzene rings is 1. The first-order valence-corrected chi connectivity index (χ1v) is 8.28. The highest BCUT2D eigenvalue weighted by Gasteiger charge is 2.20. The van der Waals surface area contributed by atoms with Crippen molar-refractivity contribution < 1.29 is 0 Å². The summed E-state index contributed by atoms with van der Waals surface area (Å²) < 4.78 is 0. The van der Waals surface area contributed by atoms with Crippen LogP contribution in [0.2, 0.25) is 0 Å². The highest BCUT2D eigenvalue weighted by molar-refractivity contribution is 5.75. The Labute approximate surface area is 137 Å². The smallest absolute Gasteiger partial charge is 0.157 e. The Kier molecular flexibility index (Phi) is 4.65. The summed E-state index contributed by atoms with van der Waals surface area (Å²) >= 11 is 0. The van der Waals surface area contributed by atoms with E-state index in [1.165, 1.54) is 24.0 Å². The molecule has 0 atom stereocenters. The number of rotatable bonds is 4. The Morgan fingerprint density at radius 2 is 1.87 bits per heavy atom. The van der Waals surface area contributed by atoms with E-state index in [1.807, 2.05) is 0 Å². The molecule has 122 valence electrons. The van der Waals surface area contributed by atoms with Gasteiger partial charge in [0, 0.05) is 19.6 Å². The van der Waals surface area contributed by atoms with Gasteiger partial charge in [-0.15, -0.1) is 0 Å². The van der Waals surface area contributed by atoms with Crippen LogP contribution in [0, 0.1) is 12.8 Å². The maximum absolute atomic E-state index is 6.31. The van der Waals surface area contributed by atoms with E-state index in [4.69, 9.17) is 5.73 Å². The minimum atomic E-state index is 0.647. The molecule has 0 radical (unpaired) electrons. The standard InChI is InChI=1S/C18H25N5/c1-13-3-5-15(6-4-13)11-20-17-16(19)18(22-12-21-17)23-9-7-14(2)8-10-23/h3-6,12,14H,7-11,19H2,1-2H3,(H,20,21,22). The van der Waals surface area contributed by atoms with Crippen molar-refractivity contribution in [2.24, 2.45) is 5.92 Å². The number of piperidine rings is 1. The number of nitrogens with one attached hydrogen (secondary N) is 1. The van der Waals surface area contributed by atoms with Crippen molar-refractivity contribution >= 4 is 17.3 Å². The summed E-state index contributed by atoms with van der Waals surface area (Å²) in [5.41, 5.74) is 9.43. The second kappa shape index (κ2) is 6.86. The zero-order valence-corrected chi connectivity index (χ0v) is 13.9. The van der Waals surface area contributed by atoms with E-state index in [-0.39, 0.29) is 0 Å². The van der Waals surface area contributed by atoms with E-state index in [0.717, 1.165) is 24.8 Å². The van der Waals surface area contributed by atoms with Gasteiger partial charge < -0.3 is 16.0 Å². The van der Waals surface area contributed by atoms with E-state index in [0.29, 0.717) is 18.1 Å². The van der Waals surface area contributed by atoms with Crippen LogP contribution in [-0.2, 0) is 6.54 Å². The Morgan fingerprint density at radius 3 is 2.57 bits per heavy atom. The van der Waals surface area contributed by atoms with Crippen molar-refractivity contribution in [2.45, 2.75) is 33.2 Å². The SMILES string of the molecule is Cc1ccc(CNc2ncnc(N3CCC(C)CC3)c2N)cc1. The fourth-order valence-electron chi connectivity index (χ4n) is 2.89. The van der Waals surface area contributed by atoms with Gasteiger partial charge in [-0.2, -0.15) is 0 Å². The Balaban J connectivity index is 1.70. The summed E-state index contributed by atoms with van der Waals surface area (Å²) in [5, 5.41) is 3.33. The second-order valence-electron chi connectivity index (χ2n) is 6.47. The van der Waals surface area contributed by atoms with Gasteiger partial charge in [0.05, 0.1) is 0 Å². The molecule has 2 aromatic rings. The molecule has 1 aliphatic rings. The first kappa shape index (κ1) is 15.6. The maximum Gasteiger partial charge on any atom is 0.157 e. The molecular weight excluding hydrogens is 286 g/mol. The molecule has 1 saturated heterocycles. The maximum atomic E-state index is 6.31. The summed E-state index contributed by atoms with van der Waals surface area (Å²) in [6.07, 6.45) is 3.98.